The van der Waals surface area contributed by atoms with Crippen molar-refractivity contribution in [3.63, 3.8) is 0 Å². The summed E-state index contributed by atoms with van der Waals surface area (Å²) >= 11 is 17.6. The second kappa shape index (κ2) is 14.7. The van der Waals surface area contributed by atoms with E-state index in [9.17, 15) is 4.79 Å². The third-order valence-electron chi connectivity index (χ3n) is 8.06. The van der Waals surface area contributed by atoms with Gasteiger partial charge in [-0.2, -0.15) is 4.98 Å². The Bertz CT molecular complexity index is 1760. The second-order valence-electron chi connectivity index (χ2n) is 11.2. The molecule has 1 aliphatic heterocycles. The Kier molecular flexibility index (Phi) is 10.5. The number of esters is 1. The van der Waals surface area contributed by atoms with Gasteiger partial charge in [-0.15, -0.1) is 5.10 Å². The molecule has 0 bridgehead atoms. The number of nitrogens with zero attached hydrogens (tertiary/aromatic N) is 3. The van der Waals surface area contributed by atoms with Crippen LogP contribution in [0.5, 0.6) is 11.5 Å². The van der Waals surface area contributed by atoms with Gasteiger partial charge in [0.05, 0.1) is 17.2 Å². The molecule has 2 aliphatic rings. The summed E-state index contributed by atoms with van der Waals surface area (Å²) in [6.07, 6.45) is 4.90. The average molecular weight is 745 g/mol. The fourth-order valence-electron chi connectivity index (χ4n) is 5.69. The lowest BCUT2D eigenvalue weighted by Crippen LogP contribution is -2.32. The molecule has 240 valence electrons. The fourth-order valence-corrected chi connectivity index (χ4v) is 7.51. The Hall–Kier alpha value is -3.18. The SMILES string of the molecule is COc1cc(C2C(C(=O)OC3CCCCC3)=C(C)Nc3nc(SCc4ccccc4Cl)nn32)cc(Br)c1OCc1ccc(Cl)cc1. The van der Waals surface area contributed by atoms with Crippen LogP contribution in [0.3, 0.4) is 0 Å². The fraction of sp³-hybridized carbons (Fsp3) is 0.324. The maximum absolute atomic E-state index is 13.9. The van der Waals surface area contributed by atoms with Crippen LogP contribution in [0, 0.1) is 0 Å². The third kappa shape index (κ3) is 7.35. The van der Waals surface area contributed by atoms with Crippen molar-refractivity contribution < 1.29 is 19.0 Å². The van der Waals surface area contributed by atoms with Crippen LogP contribution in [0.25, 0.3) is 0 Å². The zero-order chi connectivity index (χ0) is 32.2. The molecule has 0 spiro atoms. The minimum absolute atomic E-state index is 0.106. The number of aromatic nitrogens is 3. The number of allylic oxidation sites excluding steroid dienone is 1. The number of hydrogen-bond donors (Lipinski definition) is 1. The maximum atomic E-state index is 13.9. The zero-order valence-electron chi connectivity index (χ0n) is 25.4. The first-order chi connectivity index (χ1) is 22.3. The van der Waals surface area contributed by atoms with Crippen molar-refractivity contribution in [1.82, 2.24) is 14.8 Å². The highest BCUT2D eigenvalue weighted by Crippen LogP contribution is 2.44. The van der Waals surface area contributed by atoms with Crippen LogP contribution in [0.2, 0.25) is 10.0 Å². The molecular weight excluding hydrogens is 711 g/mol. The monoisotopic (exact) mass is 742 g/mol. The van der Waals surface area contributed by atoms with Gasteiger partial charge >= 0.3 is 5.97 Å². The molecule has 3 aromatic carbocycles. The van der Waals surface area contributed by atoms with E-state index in [0.717, 1.165) is 48.8 Å². The van der Waals surface area contributed by atoms with Gasteiger partial charge in [0.1, 0.15) is 18.8 Å². The molecule has 46 heavy (non-hydrogen) atoms. The largest absolute Gasteiger partial charge is 0.493 e. The minimum Gasteiger partial charge on any atom is -0.493 e. The first-order valence-electron chi connectivity index (χ1n) is 15.1. The van der Waals surface area contributed by atoms with E-state index in [2.05, 4.69) is 21.2 Å². The summed E-state index contributed by atoms with van der Waals surface area (Å²) in [5.41, 5.74) is 3.83. The summed E-state index contributed by atoms with van der Waals surface area (Å²) in [6.45, 7) is 2.19. The Morgan fingerprint density at radius 3 is 2.59 bits per heavy atom. The molecule has 1 saturated carbocycles. The number of methoxy groups -OCH3 is 1. The van der Waals surface area contributed by atoms with Gasteiger partial charge in [-0.3, -0.25) is 0 Å². The van der Waals surface area contributed by atoms with Crippen LogP contribution in [-0.2, 0) is 21.9 Å². The molecule has 1 aliphatic carbocycles. The molecule has 1 aromatic heterocycles. The predicted octanol–water partition coefficient (Wildman–Crippen LogP) is 9.39. The van der Waals surface area contributed by atoms with E-state index in [1.54, 1.807) is 11.8 Å². The molecule has 8 nitrogen and oxygen atoms in total. The molecule has 4 aromatic rings. The smallest absolute Gasteiger partial charge is 0.338 e. The number of nitrogens with one attached hydrogen (secondary N) is 1. The minimum atomic E-state index is -0.634. The van der Waals surface area contributed by atoms with E-state index in [1.165, 1.54) is 11.8 Å². The molecule has 0 radical (unpaired) electrons. The van der Waals surface area contributed by atoms with Gasteiger partial charge < -0.3 is 19.5 Å². The van der Waals surface area contributed by atoms with E-state index >= 15 is 0 Å². The highest BCUT2D eigenvalue weighted by Gasteiger charge is 2.37. The highest BCUT2D eigenvalue weighted by molar-refractivity contribution is 9.10. The van der Waals surface area contributed by atoms with E-state index < -0.39 is 6.04 Å². The third-order valence-corrected chi connectivity index (χ3v) is 10.2. The van der Waals surface area contributed by atoms with Gasteiger partial charge in [0.25, 0.3) is 0 Å². The van der Waals surface area contributed by atoms with Crippen LogP contribution >= 0.6 is 50.9 Å². The quantitative estimate of drug-likeness (QED) is 0.127. The highest BCUT2D eigenvalue weighted by atomic mass is 79.9. The number of ether oxygens (including phenoxy) is 3. The number of anilines is 1. The van der Waals surface area contributed by atoms with Crippen LogP contribution < -0.4 is 14.8 Å². The number of thioether (sulfide) groups is 1. The van der Waals surface area contributed by atoms with Gasteiger partial charge in [0.2, 0.25) is 11.1 Å². The second-order valence-corrected chi connectivity index (χ2v) is 13.9. The molecule has 12 heteroatoms. The molecule has 1 fully saturated rings. The molecule has 1 N–H and O–H groups in total. The molecule has 1 atom stereocenters. The van der Waals surface area contributed by atoms with E-state index in [0.29, 0.717) is 60.8 Å². The van der Waals surface area contributed by atoms with Crippen molar-refractivity contribution in [1.29, 1.82) is 0 Å². The van der Waals surface area contributed by atoms with Gasteiger partial charge in [0.15, 0.2) is 11.5 Å². The number of halogens is 3. The van der Waals surface area contributed by atoms with Gasteiger partial charge in [-0.25, -0.2) is 9.48 Å². The van der Waals surface area contributed by atoms with Crippen LogP contribution in [0.4, 0.5) is 5.95 Å². The first kappa shape index (κ1) is 32.7. The summed E-state index contributed by atoms with van der Waals surface area (Å²) in [4.78, 5) is 18.7. The summed E-state index contributed by atoms with van der Waals surface area (Å²) in [7, 11) is 1.59. The van der Waals surface area contributed by atoms with E-state index in [1.807, 2.05) is 67.6 Å². The molecular formula is C34H33BrCl2N4O4S. The number of rotatable bonds is 10. The average Bonchev–Trinajstić information content (AvgIpc) is 3.46. The van der Waals surface area contributed by atoms with Crippen molar-refractivity contribution >= 4 is 62.8 Å². The maximum Gasteiger partial charge on any atom is 0.338 e. The standard InChI is InChI=1S/C34H33BrCl2N4O4S/c1-20-29(32(42)45-25-9-4-3-5-10-25)30(41-33(38-20)39-34(40-41)46-19-22-8-6-7-11-27(22)37)23-16-26(35)31(28(17-23)43-2)44-18-21-12-14-24(36)15-13-21/h6-8,11-17,25,30H,3-5,9-10,18-19H2,1-2H3,(H,38,39,40). The van der Waals surface area contributed by atoms with Gasteiger partial charge in [-0.05, 0) is 95.6 Å². The summed E-state index contributed by atoms with van der Waals surface area (Å²) in [5, 5.41) is 10.1. The lowest BCUT2D eigenvalue weighted by atomic mass is 9.94. The topological polar surface area (TPSA) is 87.5 Å². The lowest BCUT2D eigenvalue weighted by molar-refractivity contribution is -0.146. The van der Waals surface area contributed by atoms with E-state index in [4.69, 9.17) is 47.5 Å². The first-order valence-corrected chi connectivity index (χ1v) is 17.6. The van der Waals surface area contributed by atoms with Crippen LogP contribution in [0.15, 0.2) is 81.6 Å². The van der Waals surface area contributed by atoms with Gasteiger partial charge in [0, 0.05) is 21.5 Å². The Labute approximate surface area is 290 Å². The summed E-state index contributed by atoms with van der Waals surface area (Å²) in [6, 6.07) is 18.4. The Morgan fingerprint density at radius 1 is 1.09 bits per heavy atom. The van der Waals surface area contributed by atoms with Crippen molar-refractivity contribution in [2.24, 2.45) is 0 Å². The molecule has 0 amide bonds. The number of carbonyl (C=O) groups is 1. The number of hydrogen-bond acceptors (Lipinski definition) is 8. The van der Waals surface area contributed by atoms with Crippen LogP contribution in [0.1, 0.15) is 61.8 Å². The Morgan fingerprint density at radius 2 is 1.85 bits per heavy atom. The molecule has 2 heterocycles. The molecule has 0 saturated heterocycles. The molecule has 6 rings (SSSR count). The zero-order valence-corrected chi connectivity index (χ0v) is 29.3. The van der Waals surface area contributed by atoms with Crippen molar-refractivity contribution in [2.45, 2.75) is 68.7 Å². The summed E-state index contributed by atoms with van der Waals surface area (Å²) < 4.78 is 20.5. The Balaban J connectivity index is 1.35. The number of carbonyl (C=O) groups excluding carboxylic acids is 1. The lowest BCUT2D eigenvalue weighted by Gasteiger charge is -2.30. The molecule has 1 unspecified atom stereocenters. The number of fused-ring (bicyclic) bond motifs is 1. The summed E-state index contributed by atoms with van der Waals surface area (Å²) in [5.74, 6) is 1.79. The van der Waals surface area contributed by atoms with Crippen molar-refractivity contribution in [3.05, 3.63) is 103 Å². The van der Waals surface area contributed by atoms with Crippen LogP contribution in [-0.4, -0.2) is 33.9 Å². The number of benzene rings is 3. The normalized spacial score (nSPS) is 16.5. The predicted molar refractivity (Wildman–Crippen MR) is 185 cm³/mol. The van der Waals surface area contributed by atoms with Crippen molar-refractivity contribution in [2.75, 3.05) is 12.4 Å². The van der Waals surface area contributed by atoms with Crippen molar-refractivity contribution in [3.8, 4) is 11.5 Å². The van der Waals surface area contributed by atoms with E-state index in [-0.39, 0.29) is 12.1 Å². The van der Waals surface area contributed by atoms with Gasteiger partial charge in [-0.1, -0.05) is 71.7 Å².